The van der Waals surface area contributed by atoms with E-state index in [0.717, 1.165) is 16.9 Å². The molecule has 1 atom stereocenters. The number of amides is 1. The molecule has 1 aromatic rings. The van der Waals surface area contributed by atoms with Gasteiger partial charge in [0, 0.05) is 31.7 Å². The summed E-state index contributed by atoms with van der Waals surface area (Å²) in [4.78, 5) is 11.7. The van der Waals surface area contributed by atoms with Crippen LogP contribution in [-0.2, 0) is 16.1 Å². The maximum Gasteiger partial charge on any atom is 0.220 e. The molecule has 3 N–H and O–H groups in total. The highest BCUT2D eigenvalue weighted by Gasteiger charge is 2.07. The third-order valence-electron chi connectivity index (χ3n) is 3.07. The normalized spacial score (nSPS) is 12.0. The zero-order chi connectivity index (χ0) is 15.7. The lowest BCUT2D eigenvalue weighted by molar-refractivity contribution is -0.121. The summed E-state index contributed by atoms with van der Waals surface area (Å²) >= 11 is 0. The summed E-state index contributed by atoms with van der Waals surface area (Å²) in [6.45, 7) is 5.39. The summed E-state index contributed by atoms with van der Waals surface area (Å²) in [5, 5.41) is 2.90. The van der Waals surface area contributed by atoms with E-state index in [4.69, 9.17) is 15.2 Å². The molecule has 118 valence electrons. The Bertz CT molecular complexity index is 447. The first-order chi connectivity index (χ1) is 10.0. The molecule has 0 saturated carbocycles. The number of hydrogen-bond donors (Lipinski definition) is 2. The molecule has 0 spiro atoms. The summed E-state index contributed by atoms with van der Waals surface area (Å²) in [5.41, 5.74) is 7.73. The number of hydrogen-bond acceptors (Lipinski definition) is 4. The number of ether oxygens (including phenoxy) is 2. The van der Waals surface area contributed by atoms with Crippen LogP contribution in [0.5, 0.6) is 5.75 Å². The predicted octanol–water partition coefficient (Wildman–Crippen LogP) is 1.76. The highest BCUT2D eigenvalue weighted by Crippen LogP contribution is 2.20. The van der Waals surface area contributed by atoms with Crippen LogP contribution in [0.3, 0.4) is 0 Å². The van der Waals surface area contributed by atoms with Crippen LogP contribution >= 0.6 is 0 Å². The maximum atomic E-state index is 11.7. The van der Waals surface area contributed by atoms with Gasteiger partial charge in [0.25, 0.3) is 0 Å². The second kappa shape index (κ2) is 9.37. The van der Waals surface area contributed by atoms with Crippen molar-refractivity contribution in [2.24, 2.45) is 5.73 Å². The topological polar surface area (TPSA) is 73.6 Å². The van der Waals surface area contributed by atoms with E-state index in [1.54, 1.807) is 7.11 Å². The molecule has 5 nitrogen and oxygen atoms in total. The zero-order valence-electron chi connectivity index (χ0n) is 13.1. The molecule has 0 fully saturated rings. The number of carbonyl (C=O) groups excluding carboxylic acids is 1. The van der Waals surface area contributed by atoms with Gasteiger partial charge < -0.3 is 20.5 Å². The molecule has 0 bridgehead atoms. The lowest BCUT2D eigenvalue weighted by Gasteiger charge is -2.13. The second-order valence-corrected chi connectivity index (χ2v) is 5.25. The maximum absolute atomic E-state index is 11.7. The predicted molar refractivity (Wildman–Crippen MR) is 83.3 cm³/mol. The smallest absolute Gasteiger partial charge is 0.220 e. The first-order valence-electron chi connectivity index (χ1n) is 7.26. The van der Waals surface area contributed by atoms with Crippen LogP contribution in [0.4, 0.5) is 0 Å². The van der Waals surface area contributed by atoms with Crippen molar-refractivity contribution in [2.45, 2.75) is 39.3 Å². The zero-order valence-corrected chi connectivity index (χ0v) is 13.1. The van der Waals surface area contributed by atoms with Crippen LogP contribution in [0, 0.1) is 6.92 Å². The van der Waals surface area contributed by atoms with Gasteiger partial charge in [-0.1, -0.05) is 12.1 Å². The van der Waals surface area contributed by atoms with Gasteiger partial charge in [0.15, 0.2) is 0 Å². The van der Waals surface area contributed by atoms with Gasteiger partial charge >= 0.3 is 0 Å². The van der Waals surface area contributed by atoms with E-state index in [1.807, 2.05) is 32.0 Å². The van der Waals surface area contributed by atoms with E-state index in [-0.39, 0.29) is 11.9 Å². The summed E-state index contributed by atoms with van der Waals surface area (Å²) in [5.74, 6) is 0.801. The molecular formula is C16H26N2O3. The Hall–Kier alpha value is -1.59. The van der Waals surface area contributed by atoms with E-state index in [0.29, 0.717) is 32.6 Å². The Morgan fingerprint density at radius 2 is 2.14 bits per heavy atom. The van der Waals surface area contributed by atoms with Gasteiger partial charge in [-0.2, -0.15) is 0 Å². The van der Waals surface area contributed by atoms with Crippen molar-refractivity contribution in [3.05, 3.63) is 29.3 Å². The fourth-order valence-corrected chi connectivity index (χ4v) is 1.82. The molecule has 0 aliphatic carbocycles. The molecule has 5 heteroatoms. The van der Waals surface area contributed by atoms with Gasteiger partial charge in [0.2, 0.25) is 5.91 Å². The molecule has 0 heterocycles. The molecule has 0 saturated heterocycles. The Labute approximate surface area is 126 Å². The Balaban J connectivity index is 2.54. The molecule has 1 unspecified atom stereocenters. The van der Waals surface area contributed by atoms with Crippen molar-refractivity contribution in [3.8, 4) is 5.75 Å². The third-order valence-corrected chi connectivity index (χ3v) is 3.07. The minimum atomic E-state index is 0.00992. The fourth-order valence-electron chi connectivity index (χ4n) is 1.82. The number of aryl methyl sites for hydroxylation is 1. The number of carbonyl (C=O) groups is 1. The van der Waals surface area contributed by atoms with E-state index in [9.17, 15) is 4.79 Å². The fraction of sp³-hybridized carbons (Fsp3) is 0.562. The molecular weight excluding hydrogens is 268 g/mol. The highest BCUT2D eigenvalue weighted by atomic mass is 16.5. The highest BCUT2D eigenvalue weighted by molar-refractivity contribution is 5.75. The number of methoxy groups -OCH3 is 1. The van der Waals surface area contributed by atoms with Crippen LogP contribution in [0.15, 0.2) is 18.2 Å². The number of nitrogens with two attached hydrogens (primary N) is 1. The molecule has 21 heavy (non-hydrogen) atoms. The van der Waals surface area contributed by atoms with Gasteiger partial charge in [-0.05, 0) is 31.9 Å². The SMILES string of the molecule is COCCOc1cc(C)ccc1CNC(=O)CCC(C)N. The van der Waals surface area contributed by atoms with Crippen molar-refractivity contribution in [3.63, 3.8) is 0 Å². The van der Waals surface area contributed by atoms with Crippen molar-refractivity contribution >= 4 is 5.91 Å². The summed E-state index contributed by atoms with van der Waals surface area (Å²) < 4.78 is 10.7. The molecule has 1 rings (SSSR count). The van der Waals surface area contributed by atoms with Crippen LogP contribution in [-0.4, -0.2) is 32.3 Å². The van der Waals surface area contributed by atoms with E-state index >= 15 is 0 Å². The quantitative estimate of drug-likeness (QED) is 0.681. The van der Waals surface area contributed by atoms with Crippen molar-refractivity contribution in [1.29, 1.82) is 0 Å². The standard InChI is InChI=1S/C16H26N2O3/c1-12-4-6-14(15(10-12)21-9-8-20-3)11-18-16(19)7-5-13(2)17/h4,6,10,13H,5,7-9,11,17H2,1-3H3,(H,18,19). The minimum Gasteiger partial charge on any atom is -0.491 e. The van der Waals surface area contributed by atoms with Crippen molar-refractivity contribution in [1.82, 2.24) is 5.32 Å². The van der Waals surface area contributed by atoms with Crippen LogP contribution in [0.25, 0.3) is 0 Å². The molecule has 0 aliphatic rings. The first kappa shape index (κ1) is 17.5. The molecule has 0 aliphatic heterocycles. The van der Waals surface area contributed by atoms with Crippen LogP contribution < -0.4 is 15.8 Å². The van der Waals surface area contributed by atoms with Crippen LogP contribution in [0.1, 0.15) is 30.9 Å². The number of nitrogens with one attached hydrogen (secondary N) is 1. The number of benzene rings is 1. The van der Waals surface area contributed by atoms with Gasteiger partial charge in [-0.25, -0.2) is 0 Å². The monoisotopic (exact) mass is 294 g/mol. The summed E-state index contributed by atoms with van der Waals surface area (Å²) in [6, 6.07) is 6.00. The van der Waals surface area contributed by atoms with Crippen LogP contribution in [0.2, 0.25) is 0 Å². The van der Waals surface area contributed by atoms with E-state index < -0.39 is 0 Å². The van der Waals surface area contributed by atoms with E-state index in [1.165, 1.54) is 0 Å². The van der Waals surface area contributed by atoms with Gasteiger partial charge in [-0.15, -0.1) is 0 Å². The Morgan fingerprint density at radius 1 is 1.38 bits per heavy atom. The lowest BCUT2D eigenvalue weighted by atomic mass is 10.1. The van der Waals surface area contributed by atoms with Gasteiger partial charge in [-0.3, -0.25) is 4.79 Å². The van der Waals surface area contributed by atoms with Crippen molar-refractivity contribution in [2.75, 3.05) is 20.3 Å². The third kappa shape index (κ3) is 7.11. The number of rotatable bonds is 9. The first-order valence-corrected chi connectivity index (χ1v) is 7.26. The molecule has 0 radical (unpaired) electrons. The Kier molecular flexibility index (Phi) is 7.79. The van der Waals surface area contributed by atoms with Crippen molar-refractivity contribution < 1.29 is 14.3 Å². The largest absolute Gasteiger partial charge is 0.491 e. The lowest BCUT2D eigenvalue weighted by Crippen LogP contribution is -2.25. The molecule has 1 aromatic carbocycles. The molecule has 1 amide bonds. The average Bonchev–Trinajstić information content (AvgIpc) is 2.44. The molecule has 0 aromatic heterocycles. The second-order valence-electron chi connectivity index (χ2n) is 5.25. The minimum absolute atomic E-state index is 0.00992. The Morgan fingerprint density at radius 3 is 2.81 bits per heavy atom. The van der Waals surface area contributed by atoms with Gasteiger partial charge in [0.05, 0.1) is 6.61 Å². The summed E-state index contributed by atoms with van der Waals surface area (Å²) in [7, 11) is 1.64. The average molecular weight is 294 g/mol. The van der Waals surface area contributed by atoms with Gasteiger partial charge in [0.1, 0.15) is 12.4 Å². The summed E-state index contributed by atoms with van der Waals surface area (Å²) in [6.07, 6.45) is 1.14. The van der Waals surface area contributed by atoms with E-state index in [2.05, 4.69) is 5.32 Å².